The van der Waals surface area contributed by atoms with Crippen LogP contribution in [0.1, 0.15) is 80.6 Å². The average molecular weight is 723 g/mol. The molecule has 2 N–H and O–H groups in total. The summed E-state index contributed by atoms with van der Waals surface area (Å²) >= 11 is 0. The smallest absolute Gasteiger partial charge is 0.410 e. The molecule has 3 fully saturated rings. The normalized spacial score (nSPS) is 40.0. The summed E-state index contributed by atoms with van der Waals surface area (Å²) in [6, 6.07) is -1.34. The molecule has 0 aromatic rings. The number of azide groups is 1. The highest BCUT2D eigenvalue weighted by Crippen LogP contribution is 2.40. The van der Waals surface area contributed by atoms with Gasteiger partial charge in [-0.1, -0.05) is 32.0 Å². The standard InChI is InChI=1S/C36H62N6O9/c1-12-25-30-36(8,51-34(46)42(30)17-15-14-16-39-40-37)27(13-2)49-32(45)24(6)28(43)23(5)31(35(7,47-11)19-21(3)20-38-25)50-33-29(44)26(41(9)10)18-22(4)48-33/h12,21-27,29-31,33,38,44H,1,13-20H2,2-11H3/t21-,22?,23+,24-,25-,26?,27-,29?,30-,31-,33+,35-,36-/m1/s1. The molecule has 3 rings (SSSR count). The summed E-state index contributed by atoms with van der Waals surface area (Å²) in [6.07, 6.45) is -0.420. The fourth-order valence-electron chi connectivity index (χ4n) is 8.11. The number of carbonyl (C=O) groups is 3. The summed E-state index contributed by atoms with van der Waals surface area (Å²) in [5.74, 6) is -3.29. The summed E-state index contributed by atoms with van der Waals surface area (Å²) in [4.78, 5) is 48.0. The number of likely N-dealkylation sites (N-methyl/N-ethyl adjacent to an activating group) is 1. The summed E-state index contributed by atoms with van der Waals surface area (Å²) < 4.78 is 31.1. The van der Waals surface area contributed by atoms with Crippen molar-refractivity contribution in [1.82, 2.24) is 15.1 Å². The molecule has 3 unspecified atom stereocenters. The molecule has 1 amide bonds. The van der Waals surface area contributed by atoms with Crippen LogP contribution >= 0.6 is 0 Å². The molecule has 3 saturated heterocycles. The van der Waals surface area contributed by atoms with Gasteiger partial charge in [0.1, 0.15) is 18.1 Å². The lowest BCUT2D eigenvalue weighted by molar-refractivity contribution is -0.295. The molecule has 0 aliphatic carbocycles. The molecule has 0 radical (unpaired) electrons. The van der Waals surface area contributed by atoms with Crippen LogP contribution in [0.3, 0.4) is 0 Å². The number of rotatable bonds is 11. The predicted molar refractivity (Wildman–Crippen MR) is 191 cm³/mol. The summed E-state index contributed by atoms with van der Waals surface area (Å²) in [6.45, 7) is 17.8. The van der Waals surface area contributed by atoms with Crippen molar-refractivity contribution in [2.75, 3.05) is 40.8 Å². The minimum atomic E-state index is -1.29. The predicted octanol–water partition coefficient (Wildman–Crippen LogP) is 4.22. The number of methoxy groups -OCH3 is 1. The van der Waals surface area contributed by atoms with Gasteiger partial charge in [0.05, 0.1) is 23.9 Å². The highest BCUT2D eigenvalue weighted by atomic mass is 16.7. The van der Waals surface area contributed by atoms with Gasteiger partial charge in [0, 0.05) is 43.1 Å². The number of nitrogens with one attached hydrogen (secondary N) is 1. The van der Waals surface area contributed by atoms with E-state index >= 15 is 0 Å². The van der Waals surface area contributed by atoms with Gasteiger partial charge in [-0.25, -0.2) is 4.79 Å². The Morgan fingerprint density at radius 3 is 2.47 bits per heavy atom. The van der Waals surface area contributed by atoms with E-state index in [0.717, 1.165) is 0 Å². The third-order valence-corrected chi connectivity index (χ3v) is 11.1. The largest absolute Gasteiger partial charge is 0.458 e. The molecule has 0 saturated carbocycles. The average Bonchev–Trinajstić information content (AvgIpc) is 3.34. The van der Waals surface area contributed by atoms with Crippen molar-refractivity contribution in [1.29, 1.82) is 0 Å². The van der Waals surface area contributed by atoms with Gasteiger partial charge in [0.15, 0.2) is 17.7 Å². The maximum absolute atomic E-state index is 14.3. The van der Waals surface area contributed by atoms with Crippen molar-refractivity contribution in [2.45, 2.75) is 141 Å². The molecule has 13 atom stereocenters. The Kier molecular flexibility index (Phi) is 15.3. The number of unbranched alkanes of at least 4 members (excludes halogenated alkanes) is 1. The molecule has 0 aromatic heterocycles. The highest BCUT2D eigenvalue weighted by molar-refractivity contribution is 6.00. The lowest BCUT2D eigenvalue weighted by atomic mass is 9.78. The molecule has 3 aliphatic rings. The van der Waals surface area contributed by atoms with Crippen molar-refractivity contribution < 1.29 is 43.2 Å². The number of nitrogens with zero attached hydrogens (tertiary/aromatic N) is 5. The van der Waals surface area contributed by atoms with Crippen molar-refractivity contribution in [3.8, 4) is 0 Å². The van der Waals surface area contributed by atoms with Gasteiger partial charge >= 0.3 is 12.1 Å². The second-order valence-electron chi connectivity index (χ2n) is 15.2. The molecule has 0 spiro atoms. The van der Waals surface area contributed by atoms with E-state index < -0.39 is 77.6 Å². The van der Waals surface area contributed by atoms with Gasteiger partial charge in [-0.05, 0) is 91.9 Å². The van der Waals surface area contributed by atoms with Gasteiger partial charge in [0.25, 0.3) is 0 Å². The first-order valence-corrected chi connectivity index (χ1v) is 18.3. The van der Waals surface area contributed by atoms with Crippen molar-refractivity contribution in [2.24, 2.45) is 22.9 Å². The van der Waals surface area contributed by atoms with Crippen LogP contribution in [0.15, 0.2) is 17.8 Å². The molecule has 51 heavy (non-hydrogen) atoms. The summed E-state index contributed by atoms with van der Waals surface area (Å²) in [7, 11) is 5.34. The molecule has 0 aromatic carbocycles. The van der Waals surface area contributed by atoms with Crippen LogP contribution in [-0.2, 0) is 33.3 Å². The summed E-state index contributed by atoms with van der Waals surface area (Å²) in [5, 5.41) is 18.6. The molecule has 15 heteroatoms. The van der Waals surface area contributed by atoms with E-state index in [1.807, 2.05) is 39.8 Å². The number of amides is 1. The third kappa shape index (κ3) is 9.61. The molecular formula is C36H62N6O9. The number of hydrogen-bond donors (Lipinski definition) is 2. The zero-order valence-electron chi connectivity index (χ0n) is 32.2. The lowest BCUT2D eigenvalue weighted by Gasteiger charge is -2.46. The number of cyclic esters (lactones) is 1. The third-order valence-electron chi connectivity index (χ3n) is 11.1. The van der Waals surface area contributed by atoms with Crippen LogP contribution in [0, 0.1) is 17.8 Å². The fraction of sp³-hybridized carbons (Fsp3) is 0.861. The minimum Gasteiger partial charge on any atom is -0.458 e. The van der Waals surface area contributed by atoms with Crippen LogP contribution in [0.5, 0.6) is 0 Å². The number of Topliss-reactive ketones (excluding diaryl/α,β-unsaturated/α-hetero) is 1. The minimum absolute atomic E-state index is 0.0552. The summed E-state index contributed by atoms with van der Waals surface area (Å²) in [5.41, 5.74) is 6.31. The number of ether oxygens (including phenoxy) is 5. The topological polar surface area (TPSA) is 185 Å². The first kappa shape index (κ1) is 42.6. The molecule has 290 valence electrons. The number of ketones is 1. The zero-order valence-corrected chi connectivity index (χ0v) is 32.2. The molecule has 15 nitrogen and oxygen atoms in total. The fourth-order valence-corrected chi connectivity index (χ4v) is 8.11. The van der Waals surface area contributed by atoms with E-state index in [-0.39, 0.29) is 18.1 Å². The number of esters is 1. The number of carbonyl (C=O) groups excluding carboxylic acids is 3. The van der Waals surface area contributed by atoms with Crippen molar-refractivity contribution in [3.63, 3.8) is 0 Å². The van der Waals surface area contributed by atoms with Crippen LogP contribution in [0.25, 0.3) is 10.4 Å². The Bertz CT molecular complexity index is 1270. The number of aliphatic hydroxyl groups excluding tert-OH is 1. The van der Waals surface area contributed by atoms with Crippen molar-refractivity contribution >= 4 is 17.8 Å². The highest BCUT2D eigenvalue weighted by Gasteiger charge is 2.59. The number of aliphatic hydroxyl groups is 1. The Hall–Kier alpha value is -2.78. The quantitative estimate of drug-likeness (QED) is 0.0592. The second-order valence-corrected chi connectivity index (χ2v) is 15.2. The van der Waals surface area contributed by atoms with E-state index in [1.165, 1.54) is 6.92 Å². The van der Waals surface area contributed by atoms with Gasteiger partial charge in [-0.2, -0.15) is 0 Å². The molecule has 3 aliphatic heterocycles. The maximum atomic E-state index is 14.3. The lowest BCUT2D eigenvalue weighted by Crippen LogP contribution is -2.61. The SMILES string of the molecule is C=C[C@H]1NC[C@H](C)C[C@@](C)(OC)[C@H](O[C@@H]2OC(C)CC(N(C)C)C2O)[C@@H](C)C(=O)[C@@H](C)C(=O)O[C@H](CC)[C@@]2(C)OC(=O)N(CCCCN=[N+]=[N-])[C@H]12. The van der Waals surface area contributed by atoms with Crippen molar-refractivity contribution in [3.05, 3.63) is 23.1 Å². The Morgan fingerprint density at radius 1 is 1.20 bits per heavy atom. The van der Waals surface area contributed by atoms with E-state index in [0.29, 0.717) is 51.7 Å². The van der Waals surface area contributed by atoms with Gasteiger partial charge in [0.2, 0.25) is 0 Å². The van der Waals surface area contributed by atoms with Crippen LogP contribution < -0.4 is 5.32 Å². The van der Waals surface area contributed by atoms with Gasteiger partial charge in [-0.15, -0.1) is 6.58 Å². The first-order valence-electron chi connectivity index (χ1n) is 18.3. The molecule has 3 heterocycles. The second kappa shape index (κ2) is 18.3. The first-order chi connectivity index (χ1) is 24.0. The van der Waals surface area contributed by atoms with Crippen LogP contribution in [0.2, 0.25) is 0 Å². The van der Waals surface area contributed by atoms with Crippen LogP contribution in [0.4, 0.5) is 4.79 Å². The van der Waals surface area contributed by atoms with E-state index in [9.17, 15) is 19.5 Å². The van der Waals surface area contributed by atoms with Crippen LogP contribution in [-0.4, -0.2) is 134 Å². The number of hydrogen-bond acceptors (Lipinski definition) is 12. The zero-order chi connectivity index (χ0) is 38.3. The van der Waals surface area contributed by atoms with Gasteiger partial charge in [-0.3, -0.25) is 14.5 Å². The Balaban J connectivity index is 2.06. The van der Waals surface area contributed by atoms with Gasteiger partial charge < -0.3 is 39.0 Å². The van der Waals surface area contributed by atoms with E-state index in [1.54, 1.807) is 31.9 Å². The Morgan fingerprint density at radius 2 is 1.88 bits per heavy atom. The monoisotopic (exact) mass is 722 g/mol. The molecular weight excluding hydrogens is 660 g/mol. The molecule has 0 bridgehead atoms. The number of fused-ring (bicyclic) bond motifs is 1. The van der Waals surface area contributed by atoms with E-state index in [4.69, 9.17) is 29.2 Å². The van der Waals surface area contributed by atoms with E-state index in [2.05, 4.69) is 28.8 Å². The Labute approximate surface area is 303 Å². The maximum Gasteiger partial charge on any atom is 0.410 e.